The van der Waals surface area contributed by atoms with Crippen molar-refractivity contribution >= 4 is 23.4 Å². The smallest absolute Gasteiger partial charge is 0.301 e. The van der Waals surface area contributed by atoms with Gasteiger partial charge in [0.15, 0.2) is 0 Å². The van der Waals surface area contributed by atoms with E-state index in [1.54, 1.807) is 19.0 Å². The normalized spacial score (nSPS) is 10.3. The Bertz CT molecular complexity index is 500. The molecule has 0 aliphatic rings. The zero-order chi connectivity index (χ0) is 13.7. The highest BCUT2D eigenvalue weighted by atomic mass is 16.6. The Balaban J connectivity index is 3.04. The second kappa shape index (κ2) is 5.57. The molecule has 96 valence electrons. The second-order valence-electron chi connectivity index (χ2n) is 3.54. The van der Waals surface area contributed by atoms with Crippen molar-refractivity contribution in [1.29, 1.82) is 0 Å². The first-order valence-corrected chi connectivity index (χ1v) is 4.80. The van der Waals surface area contributed by atoms with Gasteiger partial charge in [-0.2, -0.15) is 5.10 Å². The third-order valence-electron chi connectivity index (χ3n) is 1.86. The molecule has 1 rings (SSSR count). The Kier molecular flexibility index (Phi) is 4.13. The summed E-state index contributed by atoms with van der Waals surface area (Å²) >= 11 is 0. The lowest BCUT2D eigenvalue weighted by Crippen LogP contribution is -2.09. The zero-order valence-electron chi connectivity index (χ0n) is 9.73. The summed E-state index contributed by atoms with van der Waals surface area (Å²) in [5.41, 5.74) is 1.80. The van der Waals surface area contributed by atoms with E-state index in [0.717, 1.165) is 6.07 Å². The zero-order valence-corrected chi connectivity index (χ0v) is 9.73. The molecule has 0 radical (unpaired) electrons. The predicted molar refractivity (Wildman–Crippen MR) is 65.6 cm³/mol. The third-order valence-corrected chi connectivity index (χ3v) is 1.86. The number of nitrogens with zero attached hydrogens (tertiary/aromatic N) is 4. The first-order valence-electron chi connectivity index (χ1n) is 4.80. The quantitative estimate of drug-likeness (QED) is 0.367. The molecule has 0 heterocycles. The Labute approximate surface area is 102 Å². The van der Waals surface area contributed by atoms with Gasteiger partial charge in [-0.15, -0.1) is 0 Å². The monoisotopic (exact) mass is 253 g/mol. The second-order valence-corrected chi connectivity index (χ2v) is 3.54. The van der Waals surface area contributed by atoms with Crippen LogP contribution in [0.25, 0.3) is 0 Å². The Hall–Kier alpha value is -2.71. The van der Waals surface area contributed by atoms with E-state index in [1.165, 1.54) is 18.5 Å². The average molecular weight is 253 g/mol. The van der Waals surface area contributed by atoms with Crippen molar-refractivity contribution in [3.63, 3.8) is 0 Å². The molecule has 1 aromatic rings. The van der Waals surface area contributed by atoms with Gasteiger partial charge in [0.05, 0.1) is 15.9 Å². The first-order chi connectivity index (χ1) is 8.41. The summed E-state index contributed by atoms with van der Waals surface area (Å²) in [6, 6.07) is 3.29. The molecular weight excluding hydrogens is 242 g/mol. The fraction of sp³-hybridized carbons (Fsp3) is 0.222. The first kappa shape index (κ1) is 13.4. The SMILES string of the molecule is CN(C)/C=N\Nc1ccc([N+](=O)[O-])cc1[N+](=O)[O-]. The number of non-ortho nitro benzene ring substituents is 1. The fourth-order valence-electron chi connectivity index (χ4n) is 1.09. The molecule has 0 unspecified atom stereocenters. The van der Waals surface area contributed by atoms with Gasteiger partial charge in [-0.1, -0.05) is 0 Å². The standard InChI is InChI=1S/C9H11N5O4/c1-12(2)6-10-11-8-4-3-7(13(15)16)5-9(8)14(17)18/h3-6,11H,1-2H3/b10-6-. The number of nitro benzene ring substituents is 2. The number of rotatable bonds is 5. The summed E-state index contributed by atoms with van der Waals surface area (Å²) in [5, 5.41) is 25.0. The van der Waals surface area contributed by atoms with Crippen LogP contribution in [0.3, 0.4) is 0 Å². The van der Waals surface area contributed by atoms with Gasteiger partial charge in [0, 0.05) is 20.2 Å². The van der Waals surface area contributed by atoms with Crippen LogP contribution in [-0.2, 0) is 0 Å². The average Bonchev–Trinajstić information content (AvgIpc) is 2.28. The molecule has 0 bridgehead atoms. The summed E-state index contributed by atoms with van der Waals surface area (Å²) < 4.78 is 0. The minimum atomic E-state index is -0.708. The van der Waals surface area contributed by atoms with E-state index < -0.39 is 15.5 Å². The summed E-state index contributed by atoms with van der Waals surface area (Å²) in [4.78, 5) is 21.5. The van der Waals surface area contributed by atoms with Gasteiger partial charge in [0.1, 0.15) is 12.0 Å². The Morgan fingerprint density at radius 2 is 1.94 bits per heavy atom. The van der Waals surface area contributed by atoms with Crippen LogP contribution < -0.4 is 5.43 Å². The van der Waals surface area contributed by atoms with Crippen molar-refractivity contribution in [2.24, 2.45) is 5.10 Å². The van der Waals surface area contributed by atoms with Gasteiger partial charge in [-0.25, -0.2) is 0 Å². The highest BCUT2D eigenvalue weighted by molar-refractivity contribution is 5.66. The van der Waals surface area contributed by atoms with E-state index in [1.807, 2.05) is 0 Å². The number of nitrogens with one attached hydrogen (secondary N) is 1. The van der Waals surface area contributed by atoms with Gasteiger partial charge in [0.2, 0.25) is 0 Å². The summed E-state index contributed by atoms with van der Waals surface area (Å²) in [7, 11) is 3.46. The molecule has 9 nitrogen and oxygen atoms in total. The Morgan fingerprint density at radius 3 is 2.44 bits per heavy atom. The molecule has 1 N–H and O–H groups in total. The minimum Gasteiger partial charge on any atom is -0.367 e. The molecule has 1 aromatic carbocycles. The summed E-state index contributed by atoms with van der Waals surface area (Å²) in [5.74, 6) is 0. The predicted octanol–water partition coefficient (Wildman–Crippen LogP) is 1.42. The van der Waals surface area contributed by atoms with E-state index in [4.69, 9.17) is 0 Å². The van der Waals surface area contributed by atoms with Crippen LogP contribution >= 0.6 is 0 Å². The van der Waals surface area contributed by atoms with Crippen LogP contribution in [0.5, 0.6) is 0 Å². The van der Waals surface area contributed by atoms with Crippen LogP contribution in [0.2, 0.25) is 0 Å². The number of anilines is 1. The molecule has 0 fully saturated rings. The molecule has 0 aromatic heterocycles. The maximum atomic E-state index is 10.8. The van der Waals surface area contributed by atoms with E-state index >= 15 is 0 Å². The van der Waals surface area contributed by atoms with Crippen LogP contribution in [0, 0.1) is 20.2 Å². The lowest BCUT2D eigenvalue weighted by molar-refractivity contribution is -0.393. The Morgan fingerprint density at radius 1 is 1.28 bits per heavy atom. The van der Waals surface area contributed by atoms with Crippen LogP contribution in [0.1, 0.15) is 0 Å². The van der Waals surface area contributed by atoms with Gasteiger partial charge < -0.3 is 4.90 Å². The van der Waals surface area contributed by atoms with Gasteiger partial charge in [-0.05, 0) is 6.07 Å². The van der Waals surface area contributed by atoms with Crippen LogP contribution in [0.4, 0.5) is 17.1 Å². The molecule has 0 atom stereocenters. The van der Waals surface area contributed by atoms with Gasteiger partial charge >= 0.3 is 5.69 Å². The molecule has 0 saturated heterocycles. The molecule has 0 aliphatic heterocycles. The number of hydrazone groups is 1. The summed E-state index contributed by atoms with van der Waals surface area (Å²) in [6.07, 6.45) is 1.41. The summed E-state index contributed by atoms with van der Waals surface area (Å²) in [6.45, 7) is 0. The van der Waals surface area contributed by atoms with Crippen molar-refractivity contribution in [2.75, 3.05) is 19.5 Å². The van der Waals surface area contributed by atoms with Crippen molar-refractivity contribution in [2.45, 2.75) is 0 Å². The van der Waals surface area contributed by atoms with Gasteiger partial charge in [-0.3, -0.25) is 25.7 Å². The van der Waals surface area contributed by atoms with Crippen molar-refractivity contribution < 1.29 is 9.85 Å². The van der Waals surface area contributed by atoms with Crippen LogP contribution in [0.15, 0.2) is 23.3 Å². The van der Waals surface area contributed by atoms with Gasteiger partial charge in [0.25, 0.3) is 5.69 Å². The third kappa shape index (κ3) is 3.40. The number of hydrogen-bond acceptors (Lipinski definition) is 6. The maximum Gasteiger partial charge on any atom is 0.301 e. The molecule has 0 aliphatic carbocycles. The maximum absolute atomic E-state index is 10.8. The number of benzene rings is 1. The topological polar surface area (TPSA) is 114 Å². The minimum absolute atomic E-state index is 0.0868. The largest absolute Gasteiger partial charge is 0.367 e. The van der Waals surface area contributed by atoms with E-state index in [0.29, 0.717) is 0 Å². The lowest BCUT2D eigenvalue weighted by Gasteiger charge is -2.04. The van der Waals surface area contributed by atoms with Crippen molar-refractivity contribution in [3.8, 4) is 0 Å². The molecule has 0 amide bonds. The number of nitro groups is 2. The van der Waals surface area contributed by atoms with E-state index in [-0.39, 0.29) is 11.4 Å². The lowest BCUT2D eigenvalue weighted by atomic mass is 10.2. The highest BCUT2D eigenvalue weighted by Crippen LogP contribution is 2.28. The molecule has 0 spiro atoms. The van der Waals surface area contributed by atoms with Crippen molar-refractivity contribution in [3.05, 3.63) is 38.4 Å². The highest BCUT2D eigenvalue weighted by Gasteiger charge is 2.18. The number of hydrogen-bond donors (Lipinski definition) is 1. The molecule has 0 saturated carbocycles. The van der Waals surface area contributed by atoms with Crippen molar-refractivity contribution in [1.82, 2.24) is 4.90 Å². The molecule has 9 heteroatoms. The molecular formula is C9H11N5O4. The molecule has 18 heavy (non-hydrogen) atoms. The fourth-order valence-corrected chi connectivity index (χ4v) is 1.09. The van der Waals surface area contributed by atoms with E-state index in [9.17, 15) is 20.2 Å². The van der Waals surface area contributed by atoms with E-state index in [2.05, 4.69) is 10.5 Å². The van der Waals surface area contributed by atoms with Crippen LogP contribution in [-0.4, -0.2) is 35.2 Å².